The van der Waals surface area contributed by atoms with Gasteiger partial charge in [-0.05, 0) is 62.3 Å². The summed E-state index contributed by atoms with van der Waals surface area (Å²) in [4.78, 5) is 19.3. The Balaban J connectivity index is 1.60. The van der Waals surface area contributed by atoms with Gasteiger partial charge in [-0.25, -0.2) is 22.7 Å². The molecular weight excluding hydrogens is 406 g/mol. The van der Waals surface area contributed by atoms with Crippen molar-refractivity contribution in [3.05, 3.63) is 59.9 Å². The first kappa shape index (κ1) is 22.2. The van der Waals surface area contributed by atoms with Crippen LogP contribution >= 0.6 is 0 Å². The Bertz CT molecular complexity index is 974. The fourth-order valence-corrected chi connectivity index (χ4v) is 4.23. The van der Waals surface area contributed by atoms with Crippen molar-refractivity contribution in [2.24, 2.45) is 0 Å². The molecule has 1 amide bonds. The molecule has 0 bridgehead atoms. The highest BCUT2D eigenvalue weighted by molar-refractivity contribution is 7.90. The maximum atomic E-state index is 12.8. The van der Waals surface area contributed by atoms with Crippen molar-refractivity contribution in [3.63, 3.8) is 0 Å². The van der Waals surface area contributed by atoms with Gasteiger partial charge in [0.05, 0.1) is 4.90 Å². The average Bonchev–Trinajstić information content (AvgIpc) is 3.21. The smallest absolute Gasteiger partial charge is 0.267 e. The van der Waals surface area contributed by atoms with Crippen LogP contribution in [0.2, 0.25) is 0 Å². The van der Waals surface area contributed by atoms with E-state index in [9.17, 15) is 13.2 Å². The van der Waals surface area contributed by atoms with Crippen molar-refractivity contribution in [3.8, 4) is 0 Å². The Hall–Kier alpha value is -2.46. The third-order valence-electron chi connectivity index (χ3n) is 4.54. The van der Waals surface area contributed by atoms with Crippen molar-refractivity contribution in [2.75, 3.05) is 20.7 Å². The number of hydrogen-bond acceptors (Lipinski definition) is 6. The summed E-state index contributed by atoms with van der Waals surface area (Å²) in [6.07, 6.45) is 8.01. The molecule has 0 saturated carbocycles. The van der Waals surface area contributed by atoms with Crippen LogP contribution in [0.5, 0.6) is 0 Å². The molecule has 1 atom stereocenters. The van der Waals surface area contributed by atoms with Gasteiger partial charge in [0, 0.05) is 38.0 Å². The number of nitrogens with one attached hydrogen (secondary N) is 1. The molecule has 0 radical (unpaired) electrons. The van der Waals surface area contributed by atoms with Crippen LogP contribution < -0.4 is 5.48 Å². The summed E-state index contributed by atoms with van der Waals surface area (Å²) in [6, 6.07) is 8.42. The zero-order chi connectivity index (χ0) is 21.6. The Morgan fingerprint density at radius 1 is 1.27 bits per heavy atom. The molecule has 1 fully saturated rings. The van der Waals surface area contributed by atoms with Crippen molar-refractivity contribution >= 4 is 22.0 Å². The summed E-state index contributed by atoms with van der Waals surface area (Å²) in [7, 11) is 0.209. The van der Waals surface area contributed by atoms with Crippen molar-refractivity contribution in [2.45, 2.75) is 37.0 Å². The van der Waals surface area contributed by atoms with E-state index in [2.05, 4.69) is 5.48 Å². The van der Waals surface area contributed by atoms with Crippen LogP contribution in [0.4, 0.5) is 0 Å². The molecule has 2 heterocycles. The summed E-state index contributed by atoms with van der Waals surface area (Å²) in [5.41, 5.74) is 3.93. The number of rotatable bonds is 8. The molecule has 1 unspecified atom stereocenters. The summed E-state index contributed by atoms with van der Waals surface area (Å²) >= 11 is 0. The summed E-state index contributed by atoms with van der Waals surface area (Å²) in [6.45, 7) is 1.36. The lowest BCUT2D eigenvalue weighted by atomic mass is 10.2. The number of nitrogens with zero attached hydrogens (tertiary/aromatic N) is 2. The average molecular weight is 434 g/mol. The summed E-state index contributed by atoms with van der Waals surface area (Å²) in [5.74, 6) is -0.448. The molecule has 0 spiro atoms. The monoisotopic (exact) mass is 433 g/mol. The topological polar surface area (TPSA) is 89.9 Å². The minimum absolute atomic E-state index is 0.203. The first-order chi connectivity index (χ1) is 14.3. The molecule has 1 saturated heterocycles. The van der Waals surface area contributed by atoms with Gasteiger partial charge in [-0.1, -0.05) is 12.1 Å². The van der Waals surface area contributed by atoms with E-state index < -0.39 is 22.2 Å². The van der Waals surface area contributed by atoms with Gasteiger partial charge in [0.15, 0.2) is 6.29 Å². The normalized spacial score (nSPS) is 17.5. The molecule has 1 aromatic carbocycles. The second kappa shape index (κ2) is 10.0. The van der Waals surface area contributed by atoms with E-state index >= 15 is 0 Å². The van der Waals surface area contributed by atoms with Crippen molar-refractivity contribution < 1.29 is 22.8 Å². The molecule has 1 aliphatic rings. The van der Waals surface area contributed by atoms with Gasteiger partial charge in [-0.15, -0.1) is 0 Å². The Morgan fingerprint density at radius 3 is 2.70 bits per heavy atom. The number of amides is 1. The predicted molar refractivity (Wildman–Crippen MR) is 113 cm³/mol. The van der Waals surface area contributed by atoms with E-state index in [0.717, 1.165) is 35.3 Å². The third-order valence-corrected chi connectivity index (χ3v) is 6.19. The second-order valence-corrected chi connectivity index (χ2v) is 9.22. The van der Waals surface area contributed by atoms with Gasteiger partial charge in [0.1, 0.15) is 0 Å². The molecule has 1 aliphatic heterocycles. The van der Waals surface area contributed by atoms with Crippen LogP contribution in [-0.4, -0.2) is 50.2 Å². The molecule has 9 heteroatoms. The highest BCUT2D eigenvalue weighted by Gasteiger charge is 2.17. The molecule has 1 N–H and O–H groups in total. The zero-order valence-electron chi connectivity index (χ0n) is 17.2. The molecule has 8 nitrogen and oxygen atoms in total. The second-order valence-electron chi connectivity index (χ2n) is 7.38. The van der Waals surface area contributed by atoms with Gasteiger partial charge in [0.25, 0.3) is 15.9 Å². The van der Waals surface area contributed by atoms with Crippen LogP contribution in [0.15, 0.2) is 53.7 Å². The van der Waals surface area contributed by atoms with E-state index in [1.54, 1.807) is 30.3 Å². The van der Waals surface area contributed by atoms with Crippen LogP contribution in [0.1, 0.15) is 30.4 Å². The zero-order valence-corrected chi connectivity index (χ0v) is 18.0. The van der Waals surface area contributed by atoms with Gasteiger partial charge >= 0.3 is 0 Å². The maximum absolute atomic E-state index is 12.8. The van der Waals surface area contributed by atoms with E-state index in [-0.39, 0.29) is 4.90 Å². The lowest BCUT2D eigenvalue weighted by Gasteiger charge is -2.21. The SMILES string of the molecule is CN(C)Cc1ccc(S(=O)(=O)n2ccc(/C=C/C(=O)NOC3CCCCO3)c2)cc1. The van der Waals surface area contributed by atoms with Crippen molar-refractivity contribution in [1.82, 2.24) is 14.4 Å². The Kier molecular flexibility index (Phi) is 7.43. The minimum atomic E-state index is -3.70. The lowest BCUT2D eigenvalue weighted by molar-refractivity contribution is -0.198. The Labute approximate surface area is 177 Å². The van der Waals surface area contributed by atoms with Crippen LogP contribution in [0.3, 0.4) is 0 Å². The van der Waals surface area contributed by atoms with E-state index in [4.69, 9.17) is 9.57 Å². The largest absolute Gasteiger partial charge is 0.350 e. The summed E-state index contributed by atoms with van der Waals surface area (Å²) in [5, 5.41) is 0. The number of hydroxylamine groups is 1. The first-order valence-electron chi connectivity index (χ1n) is 9.77. The Morgan fingerprint density at radius 2 is 2.03 bits per heavy atom. The highest BCUT2D eigenvalue weighted by atomic mass is 32.2. The fourth-order valence-electron chi connectivity index (χ4n) is 3.03. The van der Waals surface area contributed by atoms with Crippen LogP contribution in [0.25, 0.3) is 6.08 Å². The summed E-state index contributed by atoms with van der Waals surface area (Å²) < 4.78 is 32.1. The van der Waals surface area contributed by atoms with E-state index in [1.807, 2.05) is 19.0 Å². The number of carbonyl (C=O) groups is 1. The highest BCUT2D eigenvalue weighted by Crippen LogP contribution is 2.17. The van der Waals surface area contributed by atoms with Gasteiger partial charge < -0.3 is 9.64 Å². The van der Waals surface area contributed by atoms with Crippen LogP contribution in [0, 0.1) is 0 Å². The molecular formula is C21H27N3O5S. The molecule has 0 aliphatic carbocycles. The number of aromatic nitrogens is 1. The van der Waals surface area contributed by atoms with E-state index in [1.165, 1.54) is 24.5 Å². The number of ether oxygens (including phenoxy) is 1. The number of carbonyl (C=O) groups excluding carboxylic acids is 1. The third kappa shape index (κ3) is 6.02. The predicted octanol–water partition coefficient (Wildman–Crippen LogP) is 2.37. The van der Waals surface area contributed by atoms with Gasteiger partial charge in [-0.3, -0.25) is 4.79 Å². The number of hydrogen-bond donors (Lipinski definition) is 1. The minimum Gasteiger partial charge on any atom is -0.350 e. The molecule has 30 heavy (non-hydrogen) atoms. The number of benzene rings is 1. The molecule has 3 rings (SSSR count). The molecule has 162 valence electrons. The van der Waals surface area contributed by atoms with Crippen molar-refractivity contribution in [1.29, 1.82) is 0 Å². The first-order valence-corrected chi connectivity index (χ1v) is 11.2. The quantitative estimate of drug-likeness (QED) is 0.508. The van der Waals surface area contributed by atoms with E-state index in [0.29, 0.717) is 12.2 Å². The lowest BCUT2D eigenvalue weighted by Crippen LogP contribution is -2.32. The standard InChI is InChI=1S/C21H27N3O5S/c1-23(2)15-17-6-9-19(10-7-17)30(26,27)24-13-12-18(16-24)8-11-20(25)22-29-21-5-3-4-14-28-21/h6-13,16,21H,3-5,14-15H2,1-2H3,(H,22,25)/b11-8+. The fraction of sp³-hybridized carbons (Fsp3) is 0.381. The van der Waals surface area contributed by atoms with Gasteiger partial charge in [-0.2, -0.15) is 0 Å². The van der Waals surface area contributed by atoms with Crippen LogP contribution in [-0.2, 0) is 30.9 Å². The molecule has 2 aromatic rings. The molecule has 1 aromatic heterocycles. The maximum Gasteiger partial charge on any atom is 0.267 e. The van der Waals surface area contributed by atoms with Gasteiger partial charge in [0.2, 0.25) is 0 Å².